The normalized spacial score (nSPS) is 11.3. The molecule has 0 bridgehead atoms. The minimum atomic E-state index is 0.0285. The summed E-state index contributed by atoms with van der Waals surface area (Å²) in [6, 6.07) is 2.82. The molecule has 1 aromatic carbocycles. The summed E-state index contributed by atoms with van der Waals surface area (Å²) in [5, 5.41) is 9.95. The van der Waals surface area contributed by atoms with Crippen molar-refractivity contribution in [1.82, 2.24) is 0 Å². The first-order chi connectivity index (χ1) is 9.40. The Morgan fingerprint density at radius 1 is 1.15 bits per heavy atom. The van der Waals surface area contributed by atoms with Crippen molar-refractivity contribution in [3.8, 4) is 11.5 Å². The van der Waals surface area contributed by atoms with Crippen LogP contribution in [0.1, 0.15) is 33.6 Å². The topological polar surface area (TPSA) is 29.5 Å². The van der Waals surface area contributed by atoms with E-state index in [-0.39, 0.29) is 5.75 Å². The van der Waals surface area contributed by atoms with E-state index in [1.54, 1.807) is 0 Å². The van der Waals surface area contributed by atoms with Gasteiger partial charge in [0.25, 0.3) is 0 Å². The standard InChI is InChI=1S/C16H20Cl2O2/c1-11(2)5-4-6-12(3)7-8-20-16-14(17)9-13(19)10-15(16)18/h5,7,9-10,19H,4,6,8H2,1-3H3. The van der Waals surface area contributed by atoms with Crippen LogP contribution in [0.25, 0.3) is 0 Å². The second kappa shape index (κ2) is 8.23. The zero-order valence-electron chi connectivity index (χ0n) is 12.0. The van der Waals surface area contributed by atoms with Crippen LogP contribution in [0.5, 0.6) is 11.5 Å². The molecule has 0 saturated carbocycles. The molecular weight excluding hydrogens is 295 g/mol. The van der Waals surface area contributed by atoms with Gasteiger partial charge in [-0.3, -0.25) is 0 Å². The minimum Gasteiger partial charge on any atom is -0.508 e. The molecule has 0 unspecified atom stereocenters. The maximum Gasteiger partial charge on any atom is 0.157 e. The Morgan fingerprint density at radius 2 is 1.75 bits per heavy atom. The number of phenolic OH excluding ortho intramolecular Hbond substituents is 1. The van der Waals surface area contributed by atoms with E-state index >= 15 is 0 Å². The van der Waals surface area contributed by atoms with Crippen LogP contribution >= 0.6 is 23.2 Å². The molecule has 0 aromatic heterocycles. The number of halogens is 2. The predicted octanol–water partition coefficient (Wildman–Crippen LogP) is 5.77. The summed E-state index contributed by atoms with van der Waals surface area (Å²) in [6.07, 6.45) is 6.27. The molecule has 0 aliphatic heterocycles. The Balaban J connectivity index is 2.53. The third-order valence-electron chi connectivity index (χ3n) is 2.73. The highest BCUT2D eigenvalue weighted by atomic mass is 35.5. The van der Waals surface area contributed by atoms with Crippen molar-refractivity contribution >= 4 is 23.2 Å². The molecule has 0 radical (unpaired) electrons. The van der Waals surface area contributed by atoms with Gasteiger partial charge in [-0.25, -0.2) is 0 Å². The van der Waals surface area contributed by atoms with E-state index in [0.29, 0.717) is 22.4 Å². The molecule has 0 aliphatic rings. The number of ether oxygens (including phenoxy) is 1. The van der Waals surface area contributed by atoms with Gasteiger partial charge in [-0.1, -0.05) is 40.4 Å². The van der Waals surface area contributed by atoms with Crippen molar-refractivity contribution in [2.45, 2.75) is 33.6 Å². The number of rotatable bonds is 6. The number of allylic oxidation sites excluding steroid dienone is 3. The van der Waals surface area contributed by atoms with E-state index in [4.69, 9.17) is 27.9 Å². The molecule has 20 heavy (non-hydrogen) atoms. The molecule has 0 saturated heterocycles. The van der Waals surface area contributed by atoms with Gasteiger partial charge in [-0.15, -0.1) is 0 Å². The molecule has 0 aliphatic carbocycles. The minimum absolute atomic E-state index is 0.0285. The summed E-state index contributed by atoms with van der Waals surface area (Å²) in [5.74, 6) is 0.431. The molecule has 4 heteroatoms. The van der Waals surface area contributed by atoms with Crippen molar-refractivity contribution in [2.75, 3.05) is 6.61 Å². The SMILES string of the molecule is CC(C)=CCCC(C)=CCOc1c(Cl)cc(O)cc1Cl. The largest absolute Gasteiger partial charge is 0.508 e. The Kier molecular flexibility index (Phi) is 6.97. The molecule has 0 heterocycles. The molecule has 1 rings (SSSR count). The maximum absolute atomic E-state index is 9.33. The Labute approximate surface area is 130 Å². The van der Waals surface area contributed by atoms with E-state index < -0.39 is 0 Å². The Morgan fingerprint density at radius 3 is 2.30 bits per heavy atom. The molecule has 0 fully saturated rings. The molecule has 110 valence electrons. The lowest BCUT2D eigenvalue weighted by Gasteiger charge is -2.09. The summed E-state index contributed by atoms with van der Waals surface area (Å²) in [5.41, 5.74) is 2.59. The van der Waals surface area contributed by atoms with Crippen LogP contribution < -0.4 is 4.74 Å². The summed E-state index contributed by atoms with van der Waals surface area (Å²) in [4.78, 5) is 0. The van der Waals surface area contributed by atoms with Crippen molar-refractivity contribution in [3.05, 3.63) is 45.5 Å². The lowest BCUT2D eigenvalue weighted by Crippen LogP contribution is -1.96. The van der Waals surface area contributed by atoms with E-state index in [2.05, 4.69) is 26.8 Å². The van der Waals surface area contributed by atoms with Gasteiger partial charge in [-0.2, -0.15) is 0 Å². The molecule has 0 spiro atoms. The molecule has 1 aromatic rings. The average Bonchev–Trinajstić information content (AvgIpc) is 2.32. The number of hydrogen-bond acceptors (Lipinski definition) is 2. The summed E-state index contributed by atoms with van der Waals surface area (Å²) < 4.78 is 5.55. The first kappa shape index (κ1) is 16.9. The lowest BCUT2D eigenvalue weighted by molar-refractivity contribution is 0.361. The fourth-order valence-corrected chi connectivity index (χ4v) is 2.23. The highest BCUT2D eigenvalue weighted by Gasteiger charge is 2.08. The highest BCUT2D eigenvalue weighted by molar-refractivity contribution is 6.37. The quantitative estimate of drug-likeness (QED) is 0.675. The van der Waals surface area contributed by atoms with Crippen molar-refractivity contribution < 1.29 is 9.84 Å². The fourth-order valence-electron chi connectivity index (χ4n) is 1.64. The number of phenols is 1. The van der Waals surface area contributed by atoms with E-state index in [1.165, 1.54) is 23.3 Å². The van der Waals surface area contributed by atoms with Gasteiger partial charge in [0.1, 0.15) is 12.4 Å². The summed E-state index contributed by atoms with van der Waals surface area (Å²) in [6.45, 7) is 6.67. The first-order valence-corrected chi connectivity index (χ1v) is 7.25. The van der Waals surface area contributed by atoms with Gasteiger partial charge in [0.2, 0.25) is 0 Å². The van der Waals surface area contributed by atoms with Crippen molar-refractivity contribution in [1.29, 1.82) is 0 Å². The zero-order chi connectivity index (χ0) is 15.1. The smallest absolute Gasteiger partial charge is 0.157 e. The van der Waals surface area contributed by atoms with Gasteiger partial charge in [-0.05, 0) is 39.7 Å². The summed E-state index contributed by atoms with van der Waals surface area (Å²) in [7, 11) is 0. The average molecular weight is 315 g/mol. The van der Waals surface area contributed by atoms with Gasteiger partial charge in [0.05, 0.1) is 10.0 Å². The fraction of sp³-hybridized carbons (Fsp3) is 0.375. The number of hydrogen-bond donors (Lipinski definition) is 1. The van der Waals surface area contributed by atoms with Crippen molar-refractivity contribution in [3.63, 3.8) is 0 Å². The van der Waals surface area contributed by atoms with Gasteiger partial charge < -0.3 is 9.84 Å². The number of benzene rings is 1. The second-order valence-electron chi connectivity index (χ2n) is 4.92. The Bertz CT molecular complexity index is 492. The van der Waals surface area contributed by atoms with Gasteiger partial charge in [0, 0.05) is 12.1 Å². The van der Waals surface area contributed by atoms with Crippen molar-refractivity contribution in [2.24, 2.45) is 0 Å². The molecule has 0 amide bonds. The second-order valence-corrected chi connectivity index (χ2v) is 5.73. The first-order valence-electron chi connectivity index (χ1n) is 6.50. The number of aromatic hydroxyl groups is 1. The van der Waals surface area contributed by atoms with E-state index in [1.807, 2.05) is 6.08 Å². The molecular formula is C16H20Cl2O2. The zero-order valence-corrected chi connectivity index (χ0v) is 13.6. The van der Waals surface area contributed by atoms with Crippen LogP contribution in [0.2, 0.25) is 10.0 Å². The third-order valence-corrected chi connectivity index (χ3v) is 3.30. The van der Waals surface area contributed by atoms with Crippen LogP contribution in [-0.2, 0) is 0 Å². The third kappa shape index (κ3) is 5.89. The summed E-state index contributed by atoms with van der Waals surface area (Å²) >= 11 is 11.9. The highest BCUT2D eigenvalue weighted by Crippen LogP contribution is 2.36. The van der Waals surface area contributed by atoms with Crippen LogP contribution in [0.15, 0.2) is 35.4 Å². The van der Waals surface area contributed by atoms with Gasteiger partial charge >= 0.3 is 0 Å². The van der Waals surface area contributed by atoms with Crippen LogP contribution in [-0.4, -0.2) is 11.7 Å². The van der Waals surface area contributed by atoms with Gasteiger partial charge in [0.15, 0.2) is 5.75 Å². The van der Waals surface area contributed by atoms with Crippen LogP contribution in [0, 0.1) is 0 Å². The van der Waals surface area contributed by atoms with Crippen LogP contribution in [0.3, 0.4) is 0 Å². The molecule has 0 atom stereocenters. The molecule has 2 nitrogen and oxygen atoms in total. The predicted molar refractivity (Wildman–Crippen MR) is 86.0 cm³/mol. The maximum atomic E-state index is 9.33. The van der Waals surface area contributed by atoms with E-state index in [0.717, 1.165) is 12.8 Å². The molecule has 1 N–H and O–H groups in total. The van der Waals surface area contributed by atoms with Crippen LogP contribution in [0.4, 0.5) is 0 Å². The Hall–Kier alpha value is -1.12. The lowest BCUT2D eigenvalue weighted by atomic mass is 10.1. The monoisotopic (exact) mass is 314 g/mol. The van der Waals surface area contributed by atoms with E-state index in [9.17, 15) is 5.11 Å².